The second-order valence-corrected chi connectivity index (χ2v) is 4.55. The van der Waals surface area contributed by atoms with Gasteiger partial charge in [0.15, 0.2) is 0 Å². The number of carbonyl (C=O) groups excluding carboxylic acids is 1. The summed E-state index contributed by atoms with van der Waals surface area (Å²) < 4.78 is 0. The van der Waals surface area contributed by atoms with E-state index >= 15 is 0 Å². The molecule has 1 amide bonds. The number of thiophene rings is 1. The number of aryl methyl sites for hydroxylation is 1. The van der Waals surface area contributed by atoms with Gasteiger partial charge in [-0.25, -0.2) is 0 Å². The molecule has 3 nitrogen and oxygen atoms in total. The monoisotopic (exact) mass is 248 g/mol. The fourth-order valence-electron chi connectivity index (χ4n) is 1.13. The van der Waals surface area contributed by atoms with Crippen LogP contribution < -0.4 is 11.1 Å². The van der Waals surface area contributed by atoms with Crippen molar-refractivity contribution in [1.29, 1.82) is 0 Å². The summed E-state index contributed by atoms with van der Waals surface area (Å²) in [6.45, 7) is 3.35. The lowest BCUT2D eigenvalue weighted by Crippen LogP contribution is -2.27. The minimum atomic E-state index is 0. The third-order valence-corrected chi connectivity index (χ3v) is 2.83. The molecule has 0 spiro atoms. The molecule has 0 saturated heterocycles. The molecule has 0 aliphatic rings. The van der Waals surface area contributed by atoms with Crippen molar-refractivity contribution in [3.8, 4) is 0 Å². The van der Waals surface area contributed by atoms with Gasteiger partial charge in [0.25, 0.3) is 0 Å². The van der Waals surface area contributed by atoms with Crippen LogP contribution in [0.3, 0.4) is 0 Å². The highest BCUT2D eigenvalue weighted by molar-refractivity contribution is 7.12. The first-order chi connectivity index (χ1) is 6.72. The largest absolute Gasteiger partial charge is 0.356 e. The van der Waals surface area contributed by atoms with E-state index in [1.807, 2.05) is 19.1 Å². The van der Waals surface area contributed by atoms with Gasteiger partial charge in [0.1, 0.15) is 0 Å². The molecule has 0 bridgehead atoms. The predicted molar refractivity (Wildman–Crippen MR) is 66.7 cm³/mol. The average molecular weight is 249 g/mol. The number of rotatable bonds is 5. The molecule has 0 fully saturated rings. The third-order valence-electron chi connectivity index (χ3n) is 1.83. The first-order valence-electron chi connectivity index (χ1n) is 4.74. The summed E-state index contributed by atoms with van der Waals surface area (Å²) in [5.41, 5.74) is 5.32. The molecule has 0 unspecified atom stereocenters. The van der Waals surface area contributed by atoms with Crippen LogP contribution in [0.4, 0.5) is 0 Å². The maximum atomic E-state index is 11.4. The Bertz CT molecular complexity index is 301. The van der Waals surface area contributed by atoms with Crippen LogP contribution in [0.2, 0.25) is 0 Å². The van der Waals surface area contributed by atoms with E-state index in [-0.39, 0.29) is 18.3 Å². The molecule has 3 N–H and O–H groups in total. The smallest absolute Gasteiger partial charge is 0.225 e. The summed E-state index contributed by atoms with van der Waals surface area (Å²) in [6, 6.07) is 4.04. The third kappa shape index (κ3) is 5.77. The van der Waals surface area contributed by atoms with Crippen molar-refractivity contribution in [2.75, 3.05) is 13.1 Å². The maximum absolute atomic E-state index is 11.4. The van der Waals surface area contributed by atoms with E-state index in [2.05, 4.69) is 5.32 Å². The van der Waals surface area contributed by atoms with Gasteiger partial charge in [0, 0.05) is 16.3 Å². The highest BCUT2D eigenvalue weighted by Gasteiger charge is 2.03. The second kappa shape index (κ2) is 7.68. The summed E-state index contributed by atoms with van der Waals surface area (Å²) in [6.07, 6.45) is 1.33. The number of carbonyl (C=O) groups is 1. The first-order valence-corrected chi connectivity index (χ1v) is 5.56. The van der Waals surface area contributed by atoms with Gasteiger partial charge in [-0.05, 0) is 32.0 Å². The highest BCUT2D eigenvalue weighted by Crippen LogP contribution is 2.15. The molecule has 0 radical (unpaired) electrons. The number of amides is 1. The van der Waals surface area contributed by atoms with Gasteiger partial charge in [-0.15, -0.1) is 23.7 Å². The Labute approximate surface area is 100 Å². The molecule has 1 aromatic rings. The van der Waals surface area contributed by atoms with Crippen LogP contribution in [-0.2, 0) is 11.2 Å². The van der Waals surface area contributed by atoms with E-state index in [9.17, 15) is 4.79 Å². The molecule has 1 rings (SSSR count). The lowest BCUT2D eigenvalue weighted by Gasteiger charge is -2.01. The quantitative estimate of drug-likeness (QED) is 0.776. The lowest BCUT2D eigenvalue weighted by atomic mass is 10.3. The molecule has 0 atom stereocenters. The molecule has 0 saturated carbocycles. The van der Waals surface area contributed by atoms with Crippen LogP contribution in [0.25, 0.3) is 0 Å². The molecule has 0 aliphatic carbocycles. The van der Waals surface area contributed by atoms with E-state index in [0.717, 1.165) is 11.3 Å². The Morgan fingerprint density at radius 1 is 1.53 bits per heavy atom. The highest BCUT2D eigenvalue weighted by atomic mass is 35.5. The van der Waals surface area contributed by atoms with Gasteiger partial charge in [-0.2, -0.15) is 0 Å². The Kier molecular flexibility index (Phi) is 7.38. The van der Waals surface area contributed by atoms with Crippen molar-refractivity contribution >= 4 is 29.7 Å². The first kappa shape index (κ1) is 14.4. The average Bonchev–Trinajstić information content (AvgIpc) is 2.52. The van der Waals surface area contributed by atoms with E-state index in [1.165, 1.54) is 4.88 Å². The summed E-state index contributed by atoms with van der Waals surface area (Å²) in [5, 5.41) is 2.83. The van der Waals surface area contributed by atoms with Crippen LogP contribution >= 0.6 is 23.7 Å². The number of hydrogen-bond donors (Lipinski definition) is 2. The van der Waals surface area contributed by atoms with Crippen LogP contribution in [0.5, 0.6) is 0 Å². The fraction of sp³-hybridized carbons (Fsp3) is 0.500. The van der Waals surface area contributed by atoms with Crippen molar-refractivity contribution in [3.05, 3.63) is 21.9 Å². The van der Waals surface area contributed by atoms with E-state index < -0.39 is 0 Å². The van der Waals surface area contributed by atoms with Gasteiger partial charge in [-0.1, -0.05) is 0 Å². The summed E-state index contributed by atoms with van der Waals surface area (Å²) in [5.74, 6) is 0.0836. The van der Waals surface area contributed by atoms with Crippen molar-refractivity contribution < 1.29 is 4.79 Å². The number of hydrogen-bond acceptors (Lipinski definition) is 3. The molecule has 0 aromatic carbocycles. The Morgan fingerprint density at radius 2 is 2.27 bits per heavy atom. The zero-order valence-electron chi connectivity index (χ0n) is 8.79. The molecule has 0 aliphatic heterocycles. The topological polar surface area (TPSA) is 55.1 Å². The molecule has 5 heteroatoms. The van der Waals surface area contributed by atoms with E-state index in [1.54, 1.807) is 11.3 Å². The second-order valence-electron chi connectivity index (χ2n) is 3.18. The van der Waals surface area contributed by atoms with Crippen molar-refractivity contribution in [1.82, 2.24) is 5.32 Å². The zero-order chi connectivity index (χ0) is 10.4. The standard InChI is InChI=1S/C10H16N2OS.ClH/c1-8-3-4-9(14-8)7-10(13)12-6-2-5-11;/h3-4H,2,5-7,11H2,1H3,(H,12,13);1H. The maximum Gasteiger partial charge on any atom is 0.225 e. The SMILES string of the molecule is Cc1ccc(CC(=O)NCCCN)s1.Cl. The van der Waals surface area contributed by atoms with Crippen molar-refractivity contribution in [3.63, 3.8) is 0 Å². The summed E-state index contributed by atoms with van der Waals surface area (Å²) >= 11 is 1.67. The number of nitrogens with one attached hydrogen (secondary N) is 1. The van der Waals surface area contributed by atoms with Gasteiger partial charge >= 0.3 is 0 Å². The molecule has 86 valence electrons. The van der Waals surface area contributed by atoms with Gasteiger partial charge in [0.05, 0.1) is 6.42 Å². The van der Waals surface area contributed by atoms with Gasteiger partial charge < -0.3 is 11.1 Å². The number of halogens is 1. The summed E-state index contributed by atoms with van der Waals surface area (Å²) in [4.78, 5) is 13.7. The molecule has 15 heavy (non-hydrogen) atoms. The van der Waals surface area contributed by atoms with Crippen LogP contribution in [0, 0.1) is 6.92 Å². The minimum Gasteiger partial charge on any atom is -0.356 e. The Balaban J connectivity index is 0.00000196. The molecule has 1 aromatic heterocycles. The van der Waals surface area contributed by atoms with Crippen LogP contribution in [0.1, 0.15) is 16.2 Å². The molecule has 1 heterocycles. The van der Waals surface area contributed by atoms with Crippen molar-refractivity contribution in [2.24, 2.45) is 5.73 Å². The predicted octanol–water partition coefficient (Wildman–Crippen LogP) is 1.49. The van der Waals surface area contributed by atoms with Crippen molar-refractivity contribution in [2.45, 2.75) is 19.8 Å². The van der Waals surface area contributed by atoms with Gasteiger partial charge in [-0.3, -0.25) is 4.79 Å². The lowest BCUT2D eigenvalue weighted by molar-refractivity contribution is -0.120. The van der Waals surface area contributed by atoms with Gasteiger partial charge in [0.2, 0.25) is 5.91 Å². The minimum absolute atomic E-state index is 0. The number of nitrogens with two attached hydrogens (primary N) is 1. The van der Waals surface area contributed by atoms with Crippen LogP contribution in [0.15, 0.2) is 12.1 Å². The molecular formula is C10H17ClN2OS. The Morgan fingerprint density at radius 3 is 2.80 bits per heavy atom. The normalized spacial score (nSPS) is 9.47. The van der Waals surface area contributed by atoms with Crippen LogP contribution in [-0.4, -0.2) is 19.0 Å². The fourth-order valence-corrected chi connectivity index (χ4v) is 2.02. The zero-order valence-corrected chi connectivity index (χ0v) is 10.4. The van der Waals surface area contributed by atoms with E-state index in [0.29, 0.717) is 19.5 Å². The molecular weight excluding hydrogens is 232 g/mol. The van der Waals surface area contributed by atoms with E-state index in [4.69, 9.17) is 5.73 Å². The Hall–Kier alpha value is -0.580. The summed E-state index contributed by atoms with van der Waals surface area (Å²) in [7, 11) is 0.